The van der Waals surface area contributed by atoms with E-state index in [0.29, 0.717) is 6.42 Å². The number of amides is 1. The molecule has 7 unspecified atom stereocenters. The van der Waals surface area contributed by atoms with Gasteiger partial charge in [-0.15, -0.1) is 0 Å². The summed E-state index contributed by atoms with van der Waals surface area (Å²) >= 11 is 0. The molecule has 0 radical (unpaired) electrons. The number of ether oxygens (including phenoxy) is 2. The fraction of sp³-hybridized carbons (Fsp3) is 0.595. The summed E-state index contributed by atoms with van der Waals surface area (Å²) < 4.78 is 11.0. The molecule has 0 aromatic rings. The maximum absolute atomic E-state index is 12.7. The van der Waals surface area contributed by atoms with Gasteiger partial charge in [-0.1, -0.05) is 112 Å². The zero-order valence-electron chi connectivity index (χ0n) is 27.8. The second-order valence-electron chi connectivity index (χ2n) is 11.2. The Kier molecular flexibility index (Phi) is 24.7. The van der Waals surface area contributed by atoms with Crippen molar-refractivity contribution in [2.45, 2.75) is 127 Å². The number of allylic oxidation sites excluding steroid dienone is 13. The third kappa shape index (κ3) is 19.1. The monoisotopic (exact) mass is 645 g/mol. The van der Waals surface area contributed by atoms with E-state index in [-0.39, 0.29) is 18.9 Å². The van der Waals surface area contributed by atoms with Crippen LogP contribution in [-0.2, 0) is 14.3 Å². The fourth-order valence-electron chi connectivity index (χ4n) is 4.45. The van der Waals surface area contributed by atoms with Gasteiger partial charge in [-0.05, 0) is 51.4 Å². The van der Waals surface area contributed by atoms with Crippen molar-refractivity contribution >= 4 is 5.91 Å². The maximum Gasteiger partial charge on any atom is 0.220 e. The first-order valence-electron chi connectivity index (χ1n) is 16.8. The van der Waals surface area contributed by atoms with Gasteiger partial charge >= 0.3 is 0 Å². The number of unbranched alkanes of at least 4 members (excludes halogenated alkanes) is 2. The molecule has 1 aliphatic rings. The van der Waals surface area contributed by atoms with Crippen LogP contribution in [0.25, 0.3) is 0 Å². The molecular formula is C37H59NO8. The third-order valence-electron chi connectivity index (χ3n) is 7.24. The number of carbonyl (C=O) groups is 1. The molecular weight excluding hydrogens is 586 g/mol. The largest absolute Gasteiger partial charge is 0.394 e. The van der Waals surface area contributed by atoms with Crippen molar-refractivity contribution in [3.8, 4) is 0 Å². The molecule has 46 heavy (non-hydrogen) atoms. The molecule has 6 N–H and O–H groups in total. The molecule has 7 atom stereocenters. The molecule has 9 nitrogen and oxygen atoms in total. The Morgan fingerprint density at radius 2 is 1.30 bits per heavy atom. The van der Waals surface area contributed by atoms with E-state index in [2.05, 4.69) is 79.9 Å². The van der Waals surface area contributed by atoms with Gasteiger partial charge in [0.2, 0.25) is 5.91 Å². The molecule has 1 saturated heterocycles. The Morgan fingerprint density at radius 1 is 0.761 bits per heavy atom. The van der Waals surface area contributed by atoms with Crippen molar-refractivity contribution < 1.29 is 39.8 Å². The lowest BCUT2D eigenvalue weighted by Gasteiger charge is -2.40. The number of carbonyl (C=O) groups excluding carboxylic acids is 1. The van der Waals surface area contributed by atoms with Crippen LogP contribution in [0.1, 0.15) is 84.5 Å². The molecule has 0 spiro atoms. The molecule has 0 aromatic carbocycles. The molecule has 9 heteroatoms. The number of hydrogen-bond acceptors (Lipinski definition) is 8. The minimum Gasteiger partial charge on any atom is -0.394 e. The summed E-state index contributed by atoms with van der Waals surface area (Å²) in [6, 6.07) is -0.844. The molecule has 1 rings (SSSR count). The Hall–Kier alpha value is -2.63. The van der Waals surface area contributed by atoms with Gasteiger partial charge in [0.25, 0.3) is 0 Å². The van der Waals surface area contributed by atoms with Gasteiger partial charge in [0.1, 0.15) is 24.4 Å². The number of nitrogens with one attached hydrogen (secondary N) is 1. The van der Waals surface area contributed by atoms with Gasteiger partial charge < -0.3 is 40.3 Å². The summed E-state index contributed by atoms with van der Waals surface area (Å²) in [5, 5.41) is 53.2. The van der Waals surface area contributed by atoms with Gasteiger partial charge in [0, 0.05) is 6.42 Å². The van der Waals surface area contributed by atoms with Crippen LogP contribution in [-0.4, -0.2) is 87.5 Å². The number of aliphatic hydroxyl groups is 5. The summed E-state index contributed by atoms with van der Waals surface area (Å²) in [6.45, 7) is 3.40. The average Bonchev–Trinajstić information content (AvgIpc) is 3.05. The van der Waals surface area contributed by atoms with Crippen molar-refractivity contribution in [1.29, 1.82) is 0 Å². The number of hydrogen-bond donors (Lipinski definition) is 6. The molecule has 1 heterocycles. The lowest BCUT2D eigenvalue weighted by atomic mass is 9.99. The molecule has 0 aliphatic carbocycles. The van der Waals surface area contributed by atoms with E-state index >= 15 is 0 Å². The predicted octanol–water partition coefficient (Wildman–Crippen LogP) is 4.87. The maximum atomic E-state index is 12.7. The highest BCUT2D eigenvalue weighted by molar-refractivity contribution is 5.76. The van der Waals surface area contributed by atoms with Gasteiger partial charge in [-0.2, -0.15) is 0 Å². The zero-order chi connectivity index (χ0) is 33.8. The number of aliphatic hydroxyl groups excluding tert-OH is 5. The Bertz CT molecular complexity index is 984. The minimum atomic E-state index is -1.58. The average molecular weight is 646 g/mol. The summed E-state index contributed by atoms with van der Waals surface area (Å²) in [5.41, 5.74) is 0. The molecule has 0 saturated carbocycles. The van der Waals surface area contributed by atoms with Gasteiger partial charge in [-0.3, -0.25) is 4.79 Å². The summed E-state index contributed by atoms with van der Waals surface area (Å²) in [7, 11) is 0. The fourth-order valence-corrected chi connectivity index (χ4v) is 4.45. The van der Waals surface area contributed by atoms with Gasteiger partial charge in [0.15, 0.2) is 6.29 Å². The van der Waals surface area contributed by atoms with E-state index < -0.39 is 49.5 Å². The predicted molar refractivity (Wildman–Crippen MR) is 184 cm³/mol. The highest BCUT2D eigenvalue weighted by Gasteiger charge is 2.44. The van der Waals surface area contributed by atoms with Crippen LogP contribution < -0.4 is 5.32 Å². The lowest BCUT2D eigenvalue weighted by Crippen LogP contribution is -2.60. The Morgan fingerprint density at radius 3 is 1.83 bits per heavy atom. The second-order valence-corrected chi connectivity index (χ2v) is 11.2. The summed E-state index contributed by atoms with van der Waals surface area (Å²) in [4.78, 5) is 12.7. The SMILES string of the molecule is CC/C=C\C/C=C\C/C=C\C/C=C\C/C=C\C/C=C\CCC(=O)NC(COC1OC(CO)C(O)C(O)C1O)C(O)/C=C/CCCC. The van der Waals surface area contributed by atoms with Crippen molar-refractivity contribution in [1.82, 2.24) is 5.32 Å². The highest BCUT2D eigenvalue weighted by Crippen LogP contribution is 2.22. The van der Waals surface area contributed by atoms with Crippen LogP contribution in [0, 0.1) is 0 Å². The van der Waals surface area contributed by atoms with E-state index in [9.17, 15) is 30.3 Å². The normalized spacial score (nSPS) is 24.2. The first kappa shape index (κ1) is 41.4. The van der Waals surface area contributed by atoms with E-state index in [1.807, 2.05) is 18.2 Å². The molecule has 1 fully saturated rings. The first-order valence-corrected chi connectivity index (χ1v) is 16.8. The minimum absolute atomic E-state index is 0.213. The van der Waals surface area contributed by atoms with Crippen molar-refractivity contribution in [3.05, 3.63) is 85.1 Å². The number of rotatable bonds is 24. The van der Waals surface area contributed by atoms with E-state index in [1.165, 1.54) is 0 Å². The molecule has 0 bridgehead atoms. The molecule has 0 aromatic heterocycles. The van der Waals surface area contributed by atoms with E-state index in [1.54, 1.807) is 6.08 Å². The van der Waals surface area contributed by atoms with Crippen molar-refractivity contribution in [2.75, 3.05) is 13.2 Å². The molecule has 1 amide bonds. The van der Waals surface area contributed by atoms with E-state index in [0.717, 1.165) is 57.8 Å². The van der Waals surface area contributed by atoms with Crippen molar-refractivity contribution in [2.24, 2.45) is 0 Å². The van der Waals surface area contributed by atoms with Crippen LogP contribution in [0.4, 0.5) is 0 Å². The molecule has 260 valence electrons. The van der Waals surface area contributed by atoms with Gasteiger partial charge in [-0.25, -0.2) is 0 Å². The Balaban J connectivity index is 2.42. The van der Waals surface area contributed by atoms with Gasteiger partial charge in [0.05, 0.1) is 25.4 Å². The topological polar surface area (TPSA) is 149 Å². The van der Waals surface area contributed by atoms with Crippen LogP contribution in [0.5, 0.6) is 0 Å². The standard InChI is InChI=1S/C37H59NO8/c1-3-5-7-9-10-11-12-13-14-15-16-17-18-19-20-21-22-23-25-27-33(41)38-30(31(40)26-24-8-6-4-2)29-45-37-36(44)35(43)34(42)32(28-39)46-37/h5,7,10-11,13-14,16-17,19-20,22-24,26,30-32,34-37,39-40,42-44H,3-4,6,8-9,12,15,18,21,25,27-29H2,1-2H3,(H,38,41)/b7-5-,11-10-,14-13-,17-16-,20-19-,23-22-,26-24+. The molecule has 1 aliphatic heterocycles. The third-order valence-corrected chi connectivity index (χ3v) is 7.24. The quantitative estimate of drug-likeness (QED) is 0.0643. The van der Waals surface area contributed by atoms with Crippen LogP contribution in [0.15, 0.2) is 85.1 Å². The van der Waals surface area contributed by atoms with Crippen LogP contribution in [0.2, 0.25) is 0 Å². The first-order chi connectivity index (χ1) is 22.3. The summed E-state index contributed by atoms with van der Waals surface area (Å²) in [6.07, 6.45) is 29.9. The van der Waals surface area contributed by atoms with E-state index in [4.69, 9.17) is 9.47 Å². The lowest BCUT2D eigenvalue weighted by molar-refractivity contribution is -0.302. The summed E-state index contributed by atoms with van der Waals surface area (Å²) in [5.74, 6) is -0.275. The highest BCUT2D eigenvalue weighted by atomic mass is 16.7. The zero-order valence-corrected chi connectivity index (χ0v) is 27.8. The Labute approximate surface area is 276 Å². The second kappa shape index (κ2) is 27.5. The van der Waals surface area contributed by atoms with Crippen molar-refractivity contribution in [3.63, 3.8) is 0 Å². The smallest absolute Gasteiger partial charge is 0.220 e. The van der Waals surface area contributed by atoms with Crippen LogP contribution >= 0.6 is 0 Å². The van der Waals surface area contributed by atoms with Crippen LogP contribution in [0.3, 0.4) is 0 Å².